The maximum atomic E-state index is 12.4. The van der Waals surface area contributed by atoms with Crippen molar-refractivity contribution in [3.05, 3.63) is 11.6 Å². The van der Waals surface area contributed by atoms with E-state index in [4.69, 9.17) is 14.2 Å². The fourth-order valence-corrected chi connectivity index (χ4v) is 10.0. The van der Waals surface area contributed by atoms with Crippen LogP contribution in [0, 0.1) is 28.6 Å². The Hall–Kier alpha value is -1.15. The number of rotatable bonds is 4. The summed E-state index contributed by atoms with van der Waals surface area (Å²) in [4.78, 5) is 11.8. The lowest BCUT2D eigenvalue weighted by atomic mass is 9.41. The first-order chi connectivity index (χ1) is 18.8. The smallest absolute Gasteiger partial charge is 0.331 e. The average Bonchev–Trinajstić information content (AvgIpc) is 3.45. The van der Waals surface area contributed by atoms with Gasteiger partial charge in [-0.1, -0.05) is 6.92 Å². The minimum Gasteiger partial charge on any atom is -0.458 e. The number of fused-ring (bicyclic) bond motifs is 5. The predicted molar refractivity (Wildman–Crippen MR) is 137 cm³/mol. The Labute approximate surface area is 233 Å². The molecule has 5 fully saturated rings. The summed E-state index contributed by atoms with van der Waals surface area (Å²) >= 11 is 0. The second-order valence-electron chi connectivity index (χ2n) is 13.7. The summed E-state index contributed by atoms with van der Waals surface area (Å²) in [7, 11) is 0. The van der Waals surface area contributed by atoms with Crippen LogP contribution >= 0.6 is 0 Å². The molecule has 0 bridgehead atoms. The molecule has 2 heterocycles. The van der Waals surface area contributed by atoms with Gasteiger partial charge in [0.25, 0.3) is 0 Å². The third-order valence-corrected chi connectivity index (χ3v) is 12.2. The summed E-state index contributed by atoms with van der Waals surface area (Å²) in [6, 6.07) is 0. The molecule has 11 nitrogen and oxygen atoms in total. The van der Waals surface area contributed by atoms with Crippen molar-refractivity contribution in [3.63, 3.8) is 0 Å². The maximum absolute atomic E-state index is 12.4. The second-order valence-corrected chi connectivity index (χ2v) is 13.7. The molecule has 0 aromatic rings. The van der Waals surface area contributed by atoms with Crippen LogP contribution in [-0.2, 0) is 19.0 Å². The van der Waals surface area contributed by atoms with E-state index in [0.29, 0.717) is 25.7 Å². The van der Waals surface area contributed by atoms with E-state index >= 15 is 0 Å². The van der Waals surface area contributed by atoms with E-state index in [9.17, 15) is 40.5 Å². The summed E-state index contributed by atoms with van der Waals surface area (Å²) in [6.07, 6.45) is -3.26. The van der Waals surface area contributed by atoms with Crippen molar-refractivity contribution in [2.45, 2.75) is 119 Å². The van der Waals surface area contributed by atoms with Gasteiger partial charge in [-0.05, 0) is 68.8 Å². The van der Waals surface area contributed by atoms with Gasteiger partial charge in [-0.15, -0.1) is 0 Å². The minimum atomic E-state index is -1.51. The number of ether oxygens (including phenoxy) is 3. The molecule has 226 valence electrons. The number of cyclic esters (lactones) is 1. The SMILES string of the molecule is CC1OC(OC2CC(O)C3(CO)C4CCC5(C)C(C6=CC(=O)OC6)CCC5(O)C4CCC3(O)C2)C(O)C(O)C1O. The Balaban J connectivity index is 1.25. The van der Waals surface area contributed by atoms with Crippen molar-refractivity contribution in [2.75, 3.05) is 13.2 Å². The van der Waals surface area contributed by atoms with Gasteiger partial charge in [-0.25, -0.2) is 4.79 Å². The van der Waals surface area contributed by atoms with E-state index in [1.54, 1.807) is 13.0 Å². The zero-order valence-corrected chi connectivity index (χ0v) is 23.2. The maximum Gasteiger partial charge on any atom is 0.331 e. The van der Waals surface area contributed by atoms with Gasteiger partial charge in [0.1, 0.15) is 24.9 Å². The number of esters is 1. The van der Waals surface area contributed by atoms with Gasteiger partial charge in [-0.3, -0.25) is 0 Å². The normalized spacial score (nSPS) is 56.1. The molecule has 0 aromatic heterocycles. The highest BCUT2D eigenvalue weighted by atomic mass is 16.7. The van der Waals surface area contributed by atoms with E-state index in [2.05, 4.69) is 6.92 Å². The van der Waals surface area contributed by atoms with Crippen LogP contribution in [0.1, 0.15) is 65.2 Å². The molecule has 0 spiro atoms. The zero-order valence-electron chi connectivity index (χ0n) is 23.2. The van der Waals surface area contributed by atoms with Crippen molar-refractivity contribution >= 4 is 5.97 Å². The molecule has 0 amide bonds. The molecule has 4 aliphatic carbocycles. The van der Waals surface area contributed by atoms with Crippen molar-refractivity contribution in [1.82, 2.24) is 0 Å². The molecule has 1 saturated heterocycles. The third kappa shape index (κ3) is 3.79. The molecule has 6 rings (SSSR count). The number of aliphatic hydroxyl groups is 7. The van der Waals surface area contributed by atoms with E-state index in [-0.39, 0.29) is 49.6 Å². The van der Waals surface area contributed by atoms with Gasteiger partial charge in [0.05, 0.1) is 41.5 Å². The first-order valence-corrected chi connectivity index (χ1v) is 14.8. The van der Waals surface area contributed by atoms with Gasteiger partial charge in [0.2, 0.25) is 0 Å². The highest BCUT2D eigenvalue weighted by Gasteiger charge is 2.73. The minimum absolute atomic E-state index is 0.00280. The van der Waals surface area contributed by atoms with E-state index in [1.807, 2.05) is 0 Å². The van der Waals surface area contributed by atoms with Crippen LogP contribution < -0.4 is 0 Å². The molecular formula is C29H44O11. The Bertz CT molecular complexity index is 1050. The van der Waals surface area contributed by atoms with Crippen molar-refractivity contribution < 1.29 is 54.8 Å². The van der Waals surface area contributed by atoms with Crippen molar-refractivity contribution in [3.8, 4) is 0 Å². The topological polar surface area (TPSA) is 186 Å². The van der Waals surface area contributed by atoms with E-state index in [1.165, 1.54) is 0 Å². The lowest BCUT2D eigenvalue weighted by molar-refractivity contribution is -0.334. The van der Waals surface area contributed by atoms with Crippen LogP contribution in [0.25, 0.3) is 0 Å². The molecule has 11 heteroatoms. The molecule has 6 aliphatic rings. The number of carbonyl (C=O) groups excluding carboxylic acids is 1. The highest BCUT2D eigenvalue weighted by Crippen LogP contribution is 2.70. The summed E-state index contributed by atoms with van der Waals surface area (Å²) < 4.78 is 16.8. The Morgan fingerprint density at radius 2 is 1.73 bits per heavy atom. The second kappa shape index (κ2) is 9.68. The van der Waals surface area contributed by atoms with Crippen molar-refractivity contribution in [1.29, 1.82) is 0 Å². The third-order valence-electron chi connectivity index (χ3n) is 12.2. The van der Waals surface area contributed by atoms with Crippen LogP contribution in [0.5, 0.6) is 0 Å². The first kappa shape index (κ1) is 28.9. The molecule has 40 heavy (non-hydrogen) atoms. The predicted octanol–water partition coefficient (Wildman–Crippen LogP) is -0.486. The van der Waals surface area contributed by atoms with Crippen LogP contribution in [0.3, 0.4) is 0 Å². The molecular weight excluding hydrogens is 524 g/mol. The fourth-order valence-electron chi connectivity index (χ4n) is 10.0. The van der Waals surface area contributed by atoms with E-state index < -0.39 is 71.6 Å². The standard InChI is InChI=1S/C29H44O11/c1-14-22(33)23(34)24(35)25(39-14)40-16-10-20(31)28(13-30)18-3-6-26(2)17(15-9-21(32)38-12-15)5-8-29(26,37)19(18)4-7-27(28,36)11-16/h9,14,16-20,22-25,30-31,33-37H,3-8,10-13H2,1-2H3. The number of hydrogen-bond acceptors (Lipinski definition) is 11. The molecule has 14 atom stereocenters. The summed E-state index contributed by atoms with van der Waals surface area (Å²) in [5, 5.41) is 77.8. The number of carbonyl (C=O) groups is 1. The molecule has 7 N–H and O–H groups in total. The van der Waals surface area contributed by atoms with Gasteiger partial charge in [0, 0.05) is 24.3 Å². The van der Waals surface area contributed by atoms with Gasteiger partial charge >= 0.3 is 5.97 Å². The Kier molecular flexibility index (Phi) is 7.01. The van der Waals surface area contributed by atoms with Gasteiger partial charge in [0.15, 0.2) is 6.29 Å². The van der Waals surface area contributed by atoms with Crippen molar-refractivity contribution in [2.24, 2.45) is 28.6 Å². The molecule has 0 radical (unpaired) electrons. The quantitative estimate of drug-likeness (QED) is 0.171. The van der Waals surface area contributed by atoms with Gasteiger partial charge < -0.3 is 50.0 Å². The van der Waals surface area contributed by atoms with Crippen LogP contribution in [0.15, 0.2) is 11.6 Å². The summed E-state index contributed by atoms with van der Waals surface area (Å²) in [6.45, 7) is 3.44. The van der Waals surface area contributed by atoms with Crippen LogP contribution in [0.2, 0.25) is 0 Å². The zero-order chi connectivity index (χ0) is 28.8. The van der Waals surface area contributed by atoms with Crippen LogP contribution in [-0.4, -0.2) is 109 Å². The van der Waals surface area contributed by atoms with Gasteiger partial charge in [-0.2, -0.15) is 0 Å². The molecule has 0 aromatic carbocycles. The molecule has 14 unspecified atom stereocenters. The van der Waals surface area contributed by atoms with Crippen LogP contribution in [0.4, 0.5) is 0 Å². The summed E-state index contributed by atoms with van der Waals surface area (Å²) in [5.41, 5.74) is -3.43. The first-order valence-electron chi connectivity index (χ1n) is 14.8. The lowest BCUT2D eigenvalue weighted by Gasteiger charge is -2.67. The molecule has 2 aliphatic heterocycles. The Morgan fingerprint density at radius 3 is 2.40 bits per heavy atom. The summed E-state index contributed by atoms with van der Waals surface area (Å²) in [5.74, 6) is -0.940. The largest absolute Gasteiger partial charge is 0.458 e. The number of aliphatic hydroxyl groups excluding tert-OH is 5. The van der Waals surface area contributed by atoms with E-state index in [0.717, 1.165) is 12.0 Å². The molecule has 4 saturated carbocycles. The highest BCUT2D eigenvalue weighted by molar-refractivity contribution is 5.85. The fraction of sp³-hybridized carbons (Fsp3) is 0.897. The average molecular weight is 569 g/mol. The monoisotopic (exact) mass is 568 g/mol. The lowest BCUT2D eigenvalue weighted by Crippen LogP contribution is -2.73. The number of hydrogen-bond donors (Lipinski definition) is 7. The Morgan fingerprint density at radius 1 is 1.00 bits per heavy atom.